The minimum Gasteiger partial charge on any atom is -0.237 e. The summed E-state index contributed by atoms with van der Waals surface area (Å²) >= 11 is 6.87. The van der Waals surface area contributed by atoms with Gasteiger partial charge in [0.05, 0.1) is 14.0 Å². The van der Waals surface area contributed by atoms with Crippen LogP contribution in [0.4, 0.5) is 0 Å². The molecular formula is C13H8BrNS2. The second kappa shape index (κ2) is 4.72. The Kier molecular flexibility index (Phi) is 3.09. The first-order chi connectivity index (χ1) is 8.31. The van der Waals surface area contributed by atoms with Crippen LogP contribution >= 0.6 is 38.6 Å². The molecule has 0 saturated heterocycles. The molecule has 0 fully saturated rings. The number of halogens is 1. The van der Waals surface area contributed by atoms with Crippen molar-refractivity contribution in [2.75, 3.05) is 0 Å². The SMILES string of the molecule is Brc1cc(/C=C/c2nc3ccccc3s2)cs1. The Labute approximate surface area is 116 Å². The van der Waals surface area contributed by atoms with Gasteiger partial charge in [0.25, 0.3) is 0 Å². The molecule has 0 aliphatic carbocycles. The lowest BCUT2D eigenvalue weighted by molar-refractivity contribution is 1.46. The number of hydrogen-bond acceptors (Lipinski definition) is 3. The summed E-state index contributed by atoms with van der Waals surface area (Å²) in [5.74, 6) is 0. The predicted molar refractivity (Wildman–Crippen MR) is 80.6 cm³/mol. The summed E-state index contributed by atoms with van der Waals surface area (Å²) < 4.78 is 2.39. The first kappa shape index (κ1) is 11.1. The zero-order valence-corrected chi connectivity index (χ0v) is 12.0. The van der Waals surface area contributed by atoms with Crippen molar-refractivity contribution in [3.05, 3.63) is 50.1 Å². The average Bonchev–Trinajstić information content (AvgIpc) is 2.91. The van der Waals surface area contributed by atoms with E-state index >= 15 is 0 Å². The highest BCUT2D eigenvalue weighted by Gasteiger charge is 1.99. The van der Waals surface area contributed by atoms with E-state index in [4.69, 9.17) is 0 Å². The topological polar surface area (TPSA) is 12.9 Å². The third-order valence-electron chi connectivity index (χ3n) is 2.32. The Morgan fingerprint density at radius 3 is 2.82 bits per heavy atom. The zero-order chi connectivity index (χ0) is 11.7. The second-order valence-corrected chi connectivity index (χ2v) is 6.89. The van der Waals surface area contributed by atoms with Crippen molar-refractivity contribution in [2.24, 2.45) is 0 Å². The van der Waals surface area contributed by atoms with Crippen molar-refractivity contribution in [1.29, 1.82) is 0 Å². The van der Waals surface area contributed by atoms with Crippen LogP contribution < -0.4 is 0 Å². The fourth-order valence-electron chi connectivity index (χ4n) is 1.54. The molecule has 0 N–H and O–H groups in total. The molecule has 0 bridgehead atoms. The summed E-state index contributed by atoms with van der Waals surface area (Å²) in [5, 5.41) is 3.17. The van der Waals surface area contributed by atoms with Crippen LogP contribution in [0, 0.1) is 0 Å². The zero-order valence-electron chi connectivity index (χ0n) is 8.76. The van der Waals surface area contributed by atoms with Crippen molar-refractivity contribution in [2.45, 2.75) is 0 Å². The van der Waals surface area contributed by atoms with E-state index in [2.05, 4.69) is 50.6 Å². The summed E-state index contributed by atoms with van der Waals surface area (Å²) in [6, 6.07) is 10.3. The van der Waals surface area contributed by atoms with Gasteiger partial charge in [0, 0.05) is 0 Å². The fraction of sp³-hybridized carbons (Fsp3) is 0. The number of para-hydroxylation sites is 1. The average molecular weight is 322 g/mol. The smallest absolute Gasteiger partial charge is 0.117 e. The van der Waals surface area contributed by atoms with Crippen LogP contribution in [-0.2, 0) is 0 Å². The van der Waals surface area contributed by atoms with Crippen LogP contribution in [0.15, 0.2) is 39.5 Å². The summed E-state index contributed by atoms with van der Waals surface area (Å²) in [6.45, 7) is 0. The maximum absolute atomic E-state index is 4.56. The second-order valence-electron chi connectivity index (χ2n) is 3.54. The molecule has 0 amide bonds. The summed E-state index contributed by atoms with van der Waals surface area (Å²) in [6.07, 6.45) is 4.16. The van der Waals surface area contributed by atoms with E-state index in [-0.39, 0.29) is 0 Å². The monoisotopic (exact) mass is 321 g/mol. The van der Waals surface area contributed by atoms with Gasteiger partial charge in [-0.3, -0.25) is 0 Å². The molecule has 3 rings (SSSR count). The fourth-order valence-corrected chi connectivity index (χ4v) is 3.55. The van der Waals surface area contributed by atoms with Gasteiger partial charge in [0.15, 0.2) is 0 Å². The van der Waals surface area contributed by atoms with Gasteiger partial charge in [-0.2, -0.15) is 0 Å². The molecule has 0 unspecified atom stereocenters. The van der Waals surface area contributed by atoms with Crippen molar-refractivity contribution in [3.63, 3.8) is 0 Å². The van der Waals surface area contributed by atoms with Crippen molar-refractivity contribution in [1.82, 2.24) is 4.98 Å². The van der Waals surface area contributed by atoms with E-state index in [0.29, 0.717) is 0 Å². The number of fused-ring (bicyclic) bond motifs is 1. The normalized spacial score (nSPS) is 11.6. The molecule has 0 spiro atoms. The maximum Gasteiger partial charge on any atom is 0.117 e. The lowest BCUT2D eigenvalue weighted by Gasteiger charge is -1.82. The van der Waals surface area contributed by atoms with Crippen LogP contribution in [0.25, 0.3) is 22.4 Å². The molecule has 2 heterocycles. The Morgan fingerprint density at radius 1 is 1.18 bits per heavy atom. The van der Waals surface area contributed by atoms with Gasteiger partial charge in [-0.15, -0.1) is 22.7 Å². The number of thiazole rings is 1. The summed E-state index contributed by atoms with van der Waals surface area (Å²) in [7, 11) is 0. The van der Waals surface area contributed by atoms with Crippen LogP contribution in [0.1, 0.15) is 10.6 Å². The third kappa shape index (κ3) is 2.49. The van der Waals surface area contributed by atoms with Gasteiger partial charge < -0.3 is 0 Å². The number of nitrogens with zero attached hydrogens (tertiary/aromatic N) is 1. The molecule has 0 aliphatic rings. The minimum absolute atomic E-state index is 1.05. The van der Waals surface area contributed by atoms with Crippen molar-refractivity contribution < 1.29 is 0 Å². The first-order valence-electron chi connectivity index (χ1n) is 5.09. The number of benzene rings is 1. The molecule has 17 heavy (non-hydrogen) atoms. The lowest BCUT2D eigenvalue weighted by Crippen LogP contribution is -1.68. The molecule has 0 aliphatic heterocycles. The summed E-state index contributed by atoms with van der Waals surface area (Å²) in [4.78, 5) is 4.56. The van der Waals surface area contributed by atoms with Gasteiger partial charge in [-0.25, -0.2) is 4.98 Å². The van der Waals surface area contributed by atoms with E-state index in [0.717, 1.165) is 14.3 Å². The molecule has 2 aromatic heterocycles. The Morgan fingerprint density at radius 2 is 2.06 bits per heavy atom. The summed E-state index contributed by atoms with van der Waals surface area (Å²) in [5.41, 5.74) is 2.28. The molecule has 3 aromatic rings. The minimum atomic E-state index is 1.05. The van der Waals surface area contributed by atoms with E-state index in [1.165, 1.54) is 10.3 Å². The van der Waals surface area contributed by atoms with Gasteiger partial charge >= 0.3 is 0 Å². The van der Waals surface area contributed by atoms with Crippen molar-refractivity contribution in [3.8, 4) is 0 Å². The Hall–Kier alpha value is -0.970. The highest BCUT2D eigenvalue weighted by Crippen LogP contribution is 2.25. The first-order valence-corrected chi connectivity index (χ1v) is 7.58. The molecule has 0 radical (unpaired) electrons. The van der Waals surface area contributed by atoms with Crippen molar-refractivity contribution >= 4 is 61.0 Å². The Bertz CT molecular complexity index is 648. The Balaban J connectivity index is 1.92. The standard InChI is InChI=1S/C13H8BrNS2/c14-12-7-9(8-16-12)5-6-13-15-10-3-1-2-4-11(10)17-13/h1-8H/b6-5+. The lowest BCUT2D eigenvalue weighted by atomic mass is 10.3. The van der Waals surface area contributed by atoms with Gasteiger partial charge in [-0.05, 0) is 51.1 Å². The van der Waals surface area contributed by atoms with E-state index < -0.39 is 0 Å². The largest absolute Gasteiger partial charge is 0.237 e. The van der Waals surface area contributed by atoms with Gasteiger partial charge in [0.2, 0.25) is 0 Å². The quantitative estimate of drug-likeness (QED) is 0.624. The van der Waals surface area contributed by atoms with E-state index in [1.807, 2.05) is 18.2 Å². The van der Waals surface area contributed by atoms with Crippen LogP contribution in [-0.4, -0.2) is 4.98 Å². The molecular weight excluding hydrogens is 314 g/mol. The highest BCUT2D eigenvalue weighted by molar-refractivity contribution is 9.11. The van der Waals surface area contributed by atoms with Crippen LogP contribution in [0.5, 0.6) is 0 Å². The number of rotatable bonds is 2. The van der Waals surface area contributed by atoms with E-state index in [1.54, 1.807) is 22.7 Å². The molecule has 1 aromatic carbocycles. The molecule has 0 atom stereocenters. The molecule has 0 saturated carbocycles. The highest BCUT2D eigenvalue weighted by atomic mass is 79.9. The maximum atomic E-state index is 4.56. The van der Waals surface area contributed by atoms with Crippen LogP contribution in [0.2, 0.25) is 0 Å². The van der Waals surface area contributed by atoms with Gasteiger partial charge in [0.1, 0.15) is 5.01 Å². The number of hydrogen-bond donors (Lipinski definition) is 0. The van der Waals surface area contributed by atoms with Gasteiger partial charge in [-0.1, -0.05) is 18.2 Å². The molecule has 4 heteroatoms. The molecule has 84 valence electrons. The third-order valence-corrected chi connectivity index (χ3v) is 4.84. The van der Waals surface area contributed by atoms with Crippen LogP contribution in [0.3, 0.4) is 0 Å². The molecule has 1 nitrogen and oxygen atoms in total. The predicted octanol–water partition coefficient (Wildman–Crippen LogP) is 5.29. The number of thiophene rings is 1. The van der Waals surface area contributed by atoms with E-state index in [9.17, 15) is 0 Å². The number of aromatic nitrogens is 1.